The van der Waals surface area contributed by atoms with Gasteiger partial charge in [0.2, 0.25) is 0 Å². The lowest BCUT2D eigenvalue weighted by atomic mass is 10.1. The molecule has 2 nitrogen and oxygen atoms in total. The fraction of sp³-hybridized carbons (Fsp3) is 0.571. The van der Waals surface area contributed by atoms with Crippen molar-refractivity contribution in [2.45, 2.75) is 25.2 Å². The first-order valence-electron chi connectivity index (χ1n) is 3.42. The number of nitrogens with zero attached hydrogens (tertiary/aromatic N) is 2. The molecule has 1 aliphatic rings. The van der Waals surface area contributed by atoms with Gasteiger partial charge in [-0.15, -0.1) is 0 Å². The quantitative estimate of drug-likeness (QED) is 0.680. The first kappa shape index (κ1) is 6.40. The summed E-state index contributed by atoms with van der Waals surface area (Å²) in [5.74, 6) is 1.16. The van der Waals surface area contributed by atoms with E-state index < -0.39 is 0 Å². The summed E-state index contributed by atoms with van der Waals surface area (Å²) in [4.78, 5) is 4.27. The minimum Gasteiger partial charge on any atom is -0.269 e. The third-order valence-corrected chi connectivity index (χ3v) is 2.71. The normalized spacial score (nSPS) is 21.0. The summed E-state index contributed by atoms with van der Waals surface area (Å²) in [5, 5.41) is 0. The van der Waals surface area contributed by atoms with Crippen LogP contribution in [0.3, 0.4) is 0 Å². The molecule has 1 saturated carbocycles. The molecule has 0 amide bonds. The van der Waals surface area contributed by atoms with Gasteiger partial charge in [0, 0.05) is 17.8 Å². The van der Waals surface area contributed by atoms with Crippen LogP contribution in [0.25, 0.3) is 0 Å². The second kappa shape index (κ2) is 1.84. The van der Waals surface area contributed by atoms with Crippen molar-refractivity contribution < 1.29 is 0 Å². The lowest BCUT2D eigenvalue weighted by Gasteiger charge is -2.04. The van der Waals surface area contributed by atoms with Gasteiger partial charge in [0.1, 0.15) is 5.82 Å². The van der Waals surface area contributed by atoms with Crippen LogP contribution >= 0.6 is 16.1 Å². The molecular weight excluding hydrogens is 192 g/mol. The summed E-state index contributed by atoms with van der Waals surface area (Å²) in [6.45, 7) is 2.24. The Hall–Kier alpha value is -0.310. The zero-order chi connectivity index (χ0) is 7.19. The molecule has 0 aliphatic heterocycles. The summed E-state index contributed by atoms with van der Waals surface area (Å²) in [6, 6.07) is 0. The van der Waals surface area contributed by atoms with Crippen LogP contribution in [-0.4, -0.2) is 8.58 Å². The van der Waals surface area contributed by atoms with E-state index in [1.807, 2.05) is 16.0 Å². The highest BCUT2D eigenvalue weighted by molar-refractivity contribution is 9.08. The van der Waals surface area contributed by atoms with Gasteiger partial charge >= 0.3 is 0 Å². The molecule has 3 heteroatoms. The molecule has 0 atom stereocenters. The number of hydrogen-bond acceptors (Lipinski definition) is 1. The lowest BCUT2D eigenvalue weighted by Crippen LogP contribution is -2.04. The molecule has 10 heavy (non-hydrogen) atoms. The molecule has 1 aromatic heterocycles. The van der Waals surface area contributed by atoms with E-state index in [1.54, 1.807) is 0 Å². The van der Waals surface area contributed by atoms with E-state index in [2.05, 4.69) is 28.1 Å². The van der Waals surface area contributed by atoms with Crippen LogP contribution in [0, 0.1) is 0 Å². The Labute approximate surface area is 68.6 Å². The van der Waals surface area contributed by atoms with Crippen molar-refractivity contribution in [2.24, 2.45) is 0 Å². The van der Waals surface area contributed by atoms with Crippen molar-refractivity contribution in [2.75, 3.05) is 0 Å². The minimum absolute atomic E-state index is 0.368. The summed E-state index contributed by atoms with van der Waals surface area (Å²) in [5.41, 5.74) is 0.368. The minimum atomic E-state index is 0.368. The Bertz CT molecular complexity index is 250. The molecule has 2 rings (SSSR count). The van der Waals surface area contributed by atoms with E-state index >= 15 is 0 Å². The van der Waals surface area contributed by atoms with E-state index in [4.69, 9.17) is 0 Å². The summed E-state index contributed by atoms with van der Waals surface area (Å²) >= 11 is 3.40. The highest BCUT2D eigenvalue weighted by Gasteiger charge is 2.42. The average Bonchev–Trinajstić information content (AvgIpc) is 2.44. The Morgan fingerprint density at radius 1 is 1.70 bits per heavy atom. The first-order valence-corrected chi connectivity index (χ1v) is 4.13. The largest absolute Gasteiger partial charge is 0.269 e. The average molecular weight is 201 g/mol. The van der Waals surface area contributed by atoms with Gasteiger partial charge in [0.25, 0.3) is 0 Å². The van der Waals surface area contributed by atoms with Gasteiger partial charge < -0.3 is 0 Å². The standard InChI is InChI=1S/C7H9BrN2/c1-7(2-3-7)6-9-4-5-10(6)8/h4-5H,2-3H2,1H3. The Kier molecular flexibility index (Phi) is 1.18. The SMILES string of the molecule is CC1(c2nccn2Br)CC1. The molecule has 0 unspecified atom stereocenters. The van der Waals surface area contributed by atoms with Gasteiger partial charge in [-0.1, -0.05) is 6.92 Å². The van der Waals surface area contributed by atoms with Gasteiger partial charge in [-0.2, -0.15) is 0 Å². The van der Waals surface area contributed by atoms with Gasteiger partial charge in [-0.3, -0.25) is 3.59 Å². The van der Waals surface area contributed by atoms with Crippen molar-refractivity contribution in [3.05, 3.63) is 18.2 Å². The number of imidazole rings is 1. The number of halogens is 1. The van der Waals surface area contributed by atoms with E-state index in [0.717, 1.165) is 5.82 Å². The predicted molar refractivity (Wildman–Crippen MR) is 43.1 cm³/mol. The molecule has 54 valence electrons. The number of hydrogen-bond donors (Lipinski definition) is 0. The highest BCUT2D eigenvalue weighted by Crippen LogP contribution is 2.46. The van der Waals surface area contributed by atoms with Crippen molar-refractivity contribution in [1.29, 1.82) is 0 Å². The van der Waals surface area contributed by atoms with Crippen LogP contribution in [0.1, 0.15) is 25.6 Å². The number of rotatable bonds is 1. The monoisotopic (exact) mass is 200 g/mol. The fourth-order valence-electron chi connectivity index (χ4n) is 1.11. The molecule has 0 spiro atoms. The van der Waals surface area contributed by atoms with Gasteiger partial charge in [-0.25, -0.2) is 4.98 Å². The topological polar surface area (TPSA) is 17.8 Å². The molecule has 0 bridgehead atoms. The van der Waals surface area contributed by atoms with Crippen LogP contribution in [0.4, 0.5) is 0 Å². The Morgan fingerprint density at radius 2 is 2.40 bits per heavy atom. The molecule has 0 radical (unpaired) electrons. The molecule has 0 N–H and O–H groups in total. The highest BCUT2D eigenvalue weighted by atomic mass is 79.9. The predicted octanol–water partition coefficient (Wildman–Crippen LogP) is 2.09. The fourth-order valence-corrected chi connectivity index (χ4v) is 1.74. The Balaban J connectivity index is 2.42. The Morgan fingerprint density at radius 3 is 2.80 bits per heavy atom. The van der Waals surface area contributed by atoms with Crippen molar-refractivity contribution >= 4 is 16.1 Å². The van der Waals surface area contributed by atoms with Crippen LogP contribution in [0.2, 0.25) is 0 Å². The molecular formula is C7H9BrN2. The van der Waals surface area contributed by atoms with E-state index in [1.165, 1.54) is 12.8 Å². The second-order valence-corrected chi connectivity index (χ2v) is 3.89. The van der Waals surface area contributed by atoms with Crippen LogP contribution in [0.5, 0.6) is 0 Å². The zero-order valence-electron chi connectivity index (χ0n) is 5.84. The summed E-state index contributed by atoms with van der Waals surface area (Å²) < 4.78 is 1.93. The third-order valence-electron chi connectivity index (χ3n) is 2.14. The molecule has 1 aromatic rings. The van der Waals surface area contributed by atoms with Gasteiger partial charge in [-0.05, 0) is 12.8 Å². The lowest BCUT2D eigenvalue weighted by molar-refractivity contribution is 0.716. The summed E-state index contributed by atoms with van der Waals surface area (Å²) in [6.07, 6.45) is 6.30. The van der Waals surface area contributed by atoms with Gasteiger partial charge in [0.05, 0.1) is 16.1 Å². The van der Waals surface area contributed by atoms with Crippen molar-refractivity contribution in [3.8, 4) is 0 Å². The smallest absolute Gasteiger partial charge is 0.124 e. The second-order valence-electron chi connectivity index (χ2n) is 3.12. The van der Waals surface area contributed by atoms with E-state index in [9.17, 15) is 0 Å². The maximum Gasteiger partial charge on any atom is 0.124 e. The molecule has 0 saturated heterocycles. The molecule has 0 aromatic carbocycles. The van der Waals surface area contributed by atoms with Crippen molar-refractivity contribution in [3.63, 3.8) is 0 Å². The van der Waals surface area contributed by atoms with Crippen LogP contribution in [-0.2, 0) is 5.41 Å². The number of aromatic nitrogens is 2. The first-order chi connectivity index (χ1) is 4.72. The van der Waals surface area contributed by atoms with Crippen molar-refractivity contribution in [1.82, 2.24) is 8.58 Å². The van der Waals surface area contributed by atoms with Crippen LogP contribution in [0.15, 0.2) is 12.4 Å². The van der Waals surface area contributed by atoms with Gasteiger partial charge in [0.15, 0.2) is 0 Å². The molecule has 1 fully saturated rings. The summed E-state index contributed by atoms with van der Waals surface area (Å²) in [7, 11) is 0. The van der Waals surface area contributed by atoms with Crippen LogP contribution < -0.4 is 0 Å². The molecule has 1 aliphatic carbocycles. The van der Waals surface area contributed by atoms with E-state index in [0.29, 0.717) is 5.41 Å². The van der Waals surface area contributed by atoms with E-state index in [-0.39, 0.29) is 0 Å². The maximum absolute atomic E-state index is 4.27. The maximum atomic E-state index is 4.27. The third kappa shape index (κ3) is 0.804. The molecule has 1 heterocycles. The zero-order valence-corrected chi connectivity index (χ0v) is 7.43.